The van der Waals surface area contributed by atoms with E-state index in [1.165, 1.54) is 48.2 Å². The molecule has 1 saturated carbocycles. The molecule has 1 N–H and O–H groups in total. The van der Waals surface area contributed by atoms with Crippen LogP contribution in [0, 0.1) is 12.8 Å². The van der Waals surface area contributed by atoms with Gasteiger partial charge in [-0.25, -0.2) is 4.98 Å². The fourth-order valence-corrected chi connectivity index (χ4v) is 4.03. The molecule has 1 aliphatic carbocycles. The highest BCUT2D eigenvalue weighted by Gasteiger charge is 2.27. The van der Waals surface area contributed by atoms with Gasteiger partial charge in [0.05, 0.1) is 5.69 Å². The van der Waals surface area contributed by atoms with Crippen molar-refractivity contribution in [2.75, 3.05) is 44.7 Å². The number of hydrogen-bond donors (Lipinski definition) is 1. The second-order valence-corrected chi connectivity index (χ2v) is 7.20. The number of aryl methyl sites for hydroxylation is 1. The Kier molecular flexibility index (Phi) is 4.29. The minimum Gasteiger partial charge on any atom is -0.346 e. The van der Waals surface area contributed by atoms with E-state index in [-0.39, 0.29) is 0 Å². The summed E-state index contributed by atoms with van der Waals surface area (Å²) in [5, 5.41) is 4.53. The molecule has 4 nitrogen and oxygen atoms in total. The minimum absolute atomic E-state index is 0.400. The predicted octanol–water partition coefficient (Wildman–Crippen LogP) is 2.26. The van der Waals surface area contributed by atoms with E-state index in [4.69, 9.17) is 4.98 Å². The van der Waals surface area contributed by atoms with Gasteiger partial charge in [-0.3, -0.25) is 4.90 Å². The van der Waals surface area contributed by atoms with Gasteiger partial charge in [-0.15, -0.1) is 11.3 Å². The summed E-state index contributed by atoms with van der Waals surface area (Å²) in [4.78, 5) is 11.3. The van der Waals surface area contributed by atoms with Crippen LogP contribution in [-0.2, 0) is 0 Å². The standard InChI is InChI=1S/C15H26N4S/c1-11(16-3)14-12(2)17-15(20-14)19-8-6-18(7-9-19)10-13-4-5-13/h11,13,16H,4-10H2,1-3H3. The van der Waals surface area contributed by atoms with Gasteiger partial charge in [0.1, 0.15) is 0 Å². The first-order valence-corrected chi connectivity index (χ1v) is 8.61. The molecule has 1 saturated heterocycles. The summed E-state index contributed by atoms with van der Waals surface area (Å²) in [7, 11) is 2.01. The van der Waals surface area contributed by atoms with Crippen molar-refractivity contribution in [3.63, 3.8) is 0 Å². The summed E-state index contributed by atoms with van der Waals surface area (Å²) >= 11 is 1.86. The van der Waals surface area contributed by atoms with Crippen molar-refractivity contribution in [3.8, 4) is 0 Å². The summed E-state index contributed by atoms with van der Waals surface area (Å²) in [5.74, 6) is 1.01. The second kappa shape index (κ2) is 6.00. The van der Waals surface area contributed by atoms with Gasteiger partial charge in [-0.1, -0.05) is 0 Å². The molecule has 20 heavy (non-hydrogen) atoms. The molecule has 3 rings (SSSR count). The van der Waals surface area contributed by atoms with E-state index >= 15 is 0 Å². The van der Waals surface area contributed by atoms with Gasteiger partial charge in [0, 0.05) is 43.6 Å². The fourth-order valence-electron chi connectivity index (χ4n) is 2.85. The molecule has 0 aromatic carbocycles. The highest BCUT2D eigenvalue weighted by atomic mass is 32.1. The van der Waals surface area contributed by atoms with E-state index in [1.54, 1.807) is 0 Å². The molecule has 0 amide bonds. The third-order valence-electron chi connectivity index (χ3n) is 4.50. The molecular weight excluding hydrogens is 268 g/mol. The molecule has 2 fully saturated rings. The Morgan fingerprint density at radius 2 is 2.00 bits per heavy atom. The zero-order valence-corrected chi connectivity index (χ0v) is 13.7. The number of nitrogens with zero attached hydrogens (tertiary/aromatic N) is 3. The molecule has 1 atom stereocenters. The van der Waals surface area contributed by atoms with Crippen LogP contribution in [0.2, 0.25) is 0 Å². The number of thiazole rings is 1. The Morgan fingerprint density at radius 3 is 2.60 bits per heavy atom. The summed E-state index contributed by atoms with van der Waals surface area (Å²) in [6, 6.07) is 0.400. The van der Waals surface area contributed by atoms with Gasteiger partial charge in [0.2, 0.25) is 0 Å². The van der Waals surface area contributed by atoms with Gasteiger partial charge in [0.15, 0.2) is 5.13 Å². The van der Waals surface area contributed by atoms with E-state index in [0.29, 0.717) is 6.04 Å². The molecule has 0 radical (unpaired) electrons. The van der Waals surface area contributed by atoms with Crippen molar-refractivity contribution in [2.45, 2.75) is 32.7 Å². The highest BCUT2D eigenvalue weighted by Crippen LogP contribution is 2.32. The minimum atomic E-state index is 0.400. The van der Waals surface area contributed by atoms with Crippen molar-refractivity contribution in [1.29, 1.82) is 0 Å². The average molecular weight is 294 g/mol. The molecule has 112 valence electrons. The van der Waals surface area contributed by atoms with Crippen molar-refractivity contribution in [1.82, 2.24) is 15.2 Å². The van der Waals surface area contributed by atoms with Crippen LogP contribution in [0.15, 0.2) is 0 Å². The van der Waals surface area contributed by atoms with Crippen molar-refractivity contribution in [2.24, 2.45) is 5.92 Å². The number of aromatic nitrogens is 1. The smallest absolute Gasteiger partial charge is 0.185 e. The first kappa shape index (κ1) is 14.3. The first-order valence-electron chi connectivity index (χ1n) is 7.79. The lowest BCUT2D eigenvalue weighted by molar-refractivity contribution is 0.248. The monoisotopic (exact) mass is 294 g/mol. The quantitative estimate of drug-likeness (QED) is 0.902. The van der Waals surface area contributed by atoms with E-state index < -0.39 is 0 Å². The molecular formula is C15H26N4S. The molecule has 1 unspecified atom stereocenters. The van der Waals surface area contributed by atoms with Crippen molar-refractivity contribution >= 4 is 16.5 Å². The summed E-state index contributed by atoms with van der Waals surface area (Å²) in [5.41, 5.74) is 1.19. The Balaban J connectivity index is 1.59. The lowest BCUT2D eigenvalue weighted by Crippen LogP contribution is -2.47. The van der Waals surface area contributed by atoms with Gasteiger partial charge >= 0.3 is 0 Å². The van der Waals surface area contributed by atoms with Crippen LogP contribution < -0.4 is 10.2 Å². The van der Waals surface area contributed by atoms with Crippen LogP contribution >= 0.6 is 11.3 Å². The number of piperazine rings is 1. The third kappa shape index (κ3) is 3.15. The maximum Gasteiger partial charge on any atom is 0.185 e. The SMILES string of the molecule is CNC(C)c1sc(N2CCN(CC3CC3)CC2)nc1C. The Hall–Kier alpha value is -0.650. The van der Waals surface area contributed by atoms with Crippen LogP contribution in [0.5, 0.6) is 0 Å². The highest BCUT2D eigenvalue weighted by molar-refractivity contribution is 7.15. The second-order valence-electron chi connectivity index (χ2n) is 6.19. The average Bonchev–Trinajstić information content (AvgIpc) is 3.19. The summed E-state index contributed by atoms with van der Waals surface area (Å²) < 4.78 is 0. The van der Waals surface area contributed by atoms with Gasteiger partial charge in [-0.05, 0) is 39.7 Å². The normalized spacial score (nSPS) is 22.2. The first-order chi connectivity index (χ1) is 9.67. The number of nitrogens with one attached hydrogen (secondary N) is 1. The summed E-state index contributed by atoms with van der Waals surface area (Å²) in [6.45, 7) is 10.3. The molecule has 2 aliphatic rings. The zero-order chi connectivity index (χ0) is 14.1. The molecule has 0 spiro atoms. The van der Waals surface area contributed by atoms with Gasteiger partial charge in [-0.2, -0.15) is 0 Å². The van der Waals surface area contributed by atoms with Crippen LogP contribution in [-0.4, -0.2) is 49.7 Å². The lowest BCUT2D eigenvalue weighted by Gasteiger charge is -2.34. The van der Waals surface area contributed by atoms with E-state index in [2.05, 4.69) is 29.0 Å². The number of anilines is 1. The van der Waals surface area contributed by atoms with Crippen molar-refractivity contribution < 1.29 is 0 Å². The molecule has 1 aliphatic heterocycles. The van der Waals surface area contributed by atoms with Crippen LogP contribution in [0.4, 0.5) is 5.13 Å². The maximum absolute atomic E-state index is 4.79. The maximum atomic E-state index is 4.79. The van der Waals surface area contributed by atoms with Crippen molar-refractivity contribution in [3.05, 3.63) is 10.6 Å². The predicted molar refractivity (Wildman–Crippen MR) is 85.7 cm³/mol. The topological polar surface area (TPSA) is 31.4 Å². The Bertz CT molecular complexity index is 447. The van der Waals surface area contributed by atoms with E-state index in [1.807, 2.05) is 18.4 Å². The lowest BCUT2D eigenvalue weighted by atomic mass is 10.2. The van der Waals surface area contributed by atoms with Crippen LogP contribution in [0.25, 0.3) is 0 Å². The molecule has 0 bridgehead atoms. The van der Waals surface area contributed by atoms with Gasteiger partial charge < -0.3 is 10.2 Å². The largest absolute Gasteiger partial charge is 0.346 e. The van der Waals surface area contributed by atoms with E-state index in [9.17, 15) is 0 Å². The zero-order valence-electron chi connectivity index (χ0n) is 12.9. The van der Waals surface area contributed by atoms with E-state index in [0.717, 1.165) is 19.0 Å². The molecule has 1 aromatic heterocycles. The Morgan fingerprint density at radius 1 is 1.30 bits per heavy atom. The molecule has 2 heterocycles. The Labute approximate surface area is 126 Å². The van der Waals surface area contributed by atoms with Crippen LogP contribution in [0.1, 0.15) is 36.4 Å². The number of rotatable bonds is 5. The van der Waals surface area contributed by atoms with Crippen LogP contribution in [0.3, 0.4) is 0 Å². The third-order valence-corrected chi connectivity index (χ3v) is 5.90. The summed E-state index contributed by atoms with van der Waals surface area (Å²) in [6.07, 6.45) is 2.91. The fraction of sp³-hybridized carbons (Fsp3) is 0.800. The number of hydrogen-bond acceptors (Lipinski definition) is 5. The molecule has 5 heteroatoms. The van der Waals surface area contributed by atoms with Gasteiger partial charge in [0.25, 0.3) is 0 Å². The molecule has 1 aromatic rings.